The highest BCUT2D eigenvalue weighted by molar-refractivity contribution is 6.12. The number of carbonyl (C=O) groups excluding carboxylic acids is 4. The first-order chi connectivity index (χ1) is 50.1. The first kappa shape index (κ1) is 68.0. The molecule has 4 N–H and O–H groups in total. The number of benzene rings is 5. The van der Waals surface area contributed by atoms with Gasteiger partial charge < -0.3 is 52.9 Å². The summed E-state index contributed by atoms with van der Waals surface area (Å²) in [5, 5.41) is 27.3. The number of furan rings is 2. The summed E-state index contributed by atoms with van der Waals surface area (Å²) in [7, 11) is 0. The smallest absolute Gasteiger partial charge is 0.276 e. The molecule has 0 bridgehead atoms. The molecule has 21 nitrogen and oxygen atoms in total. The van der Waals surface area contributed by atoms with Crippen LogP contribution in [0.25, 0.3) is 43.6 Å². The van der Waals surface area contributed by atoms with Gasteiger partial charge in [-0.3, -0.25) is 34.1 Å². The molecule has 0 atom stereocenters. The van der Waals surface area contributed by atoms with Gasteiger partial charge in [0.2, 0.25) is 0 Å². The number of aryl methyl sites for hydroxylation is 6. The number of amides is 4. The summed E-state index contributed by atoms with van der Waals surface area (Å²) in [6, 6.07) is 59.4. The van der Waals surface area contributed by atoms with Gasteiger partial charge in [-0.05, 0) is 131 Å². The lowest BCUT2D eigenvalue weighted by atomic mass is 10.1. The third-order valence-corrected chi connectivity index (χ3v) is 17.3. The van der Waals surface area contributed by atoms with E-state index in [-0.39, 0.29) is 23.6 Å². The number of aromatic nitrogens is 10. The average molecular weight is 1370 g/mol. The van der Waals surface area contributed by atoms with Crippen LogP contribution in [0.4, 0.5) is 22.7 Å². The van der Waals surface area contributed by atoms with Crippen molar-refractivity contribution in [2.24, 2.45) is 0 Å². The molecular formula is C82H72N14O7. The van der Waals surface area contributed by atoms with Crippen LogP contribution in [0.3, 0.4) is 0 Å². The maximum absolute atomic E-state index is 12.6. The molecule has 0 fully saturated rings. The predicted molar refractivity (Wildman–Crippen MR) is 399 cm³/mol. The van der Waals surface area contributed by atoms with Crippen LogP contribution in [0.1, 0.15) is 97.9 Å². The van der Waals surface area contributed by atoms with Crippen molar-refractivity contribution < 1.29 is 32.5 Å². The Morgan fingerprint density at radius 2 is 0.816 bits per heavy atom. The number of hydrogen-bond acceptors (Lipinski definition) is 13. The number of pyridine rings is 3. The van der Waals surface area contributed by atoms with Gasteiger partial charge in [-0.2, -0.15) is 5.10 Å². The van der Waals surface area contributed by atoms with Crippen LogP contribution in [-0.4, -0.2) is 72.2 Å². The molecule has 16 rings (SSSR count). The number of carbonyl (C=O) groups is 4. The zero-order valence-electron chi connectivity index (χ0n) is 57.4. The molecule has 16 aromatic rings. The fourth-order valence-electron chi connectivity index (χ4n) is 11.9. The number of fused-ring (bicyclic) bond motifs is 4. The largest absolute Gasteiger partial charge is 0.472 e. The molecule has 0 saturated heterocycles. The molecule has 103 heavy (non-hydrogen) atoms. The van der Waals surface area contributed by atoms with Gasteiger partial charge in [0.25, 0.3) is 23.6 Å². The summed E-state index contributed by atoms with van der Waals surface area (Å²) in [6.07, 6.45) is 20.9. The highest BCUT2D eigenvalue weighted by Crippen LogP contribution is 2.32. The molecule has 0 aliphatic carbocycles. The molecule has 0 radical (unpaired) electrons. The second-order valence-electron chi connectivity index (χ2n) is 24.8. The van der Waals surface area contributed by atoms with E-state index >= 15 is 0 Å². The Hall–Kier alpha value is -13.6. The normalized spacial score (nSPS) is 10.9. The summed E-state index contributed by atoms with van der Waals surface area (Å²) in [5.74, 6) is -0.248. The van der Waals surface area contributed by atoms with Crippen LogP contribution < -0.4 is 21.3 Å². The molecular weight excluding hydrogens is 1290 g/mol. The Morgan fingerprint density at radius 1 is 0.398 bits per heavy atom. The van der Waals surface area contributed by atoms with Crippen LogP contribution in [0.5, 0.6) is 0 Å². The van der Waals surface area contributed by atoms with Crippen LogP contribution in [0, 0.1) is 41.5 Å². The Morgan fingerprint density at radius 3 is 1.19 bits per heavy atom. The minimum Gasteiger partial charge on any atom is -0.472 e. The zero-order valence-corrected chi connectivity index (χ0v) is 57.4. The molecule has 4 amide bonds. The van der Waals surface area contributed by atoms with E-state index in [9.17, 15) is 19.2 Å². The summed E-state index contributed by atoms with van der Waals surface area (Å²) in [5.41, 5.74) is 18.4. The Balaban J connectivity index is 0.000000122. The Labute approximate surface area is 592 Å². The topological polar surface area (TPSA) is 253 Å². The summed E-state index contributed by atoms with van der Waals surface area (Å²) in [6.45, 7) is 14.3. The Kier molecular flexibility index (Phi) is 20.5. The van der Waals surface area contributed by atoms with Gasteiger partial charge in [0, 0.05) is 114 Å². The number of nitrogens with one attached hydrogen (secondary N) is 4. The third kappa shape index (κ3) is 16.3. The second kappa shape index (κ2) is 31.1. The monoisotopic (exact) mass is 1360 g/mol. The number of hydrogen-bond donors (Lipinski definition) is 4. The minimum absolute atomic E-state index is 0.170. The Bertz CT molecular complexity index is 5440. The van der Waals surface area contributed by atoms with Crippen molar-refractivity contribution in [2.75, 3.05) is 21.3 Å². The molecule has 21 heteroatoms. The van der Waals surface area contributed by atoms with E-state index in [1.807, 2.05) is 167 Å². The number of anilines is 4. The number of rotatable bonds is 16. The first-order valence-corrected chi connectivity index (χ1v) is 33.3. The van der Waals surface area contributed by atoms with E-state index < -0.39 is 0 Å². The quantitative estimate of drug-likeness (QED) is 0.0703. The van der Waals surface area contributed by atoms with Gasteiger partial charge in [-0.25, -0.2) is 0 Å². The molecule has 0 aliphatic rings. The molecule has 512 valence electrons. The van der Waals surface area contributed by atoms with E-state index in [4.69, 9.17) is 13.4 Å². The molecule has 0 aliphatic heterocycles. The van der Waals surface area contributed by atoms with Crippen LogP contribution in [-0.2, 0) is 26.2 Å². The molecule has 11 aromatic heterocycles. The fraction of sp³-hybridized carbons (Fsp3) is 0.122. The lowest BCUT2D eigenvalue weighted by molar-refractivity contribution is 0.101. The SMILES string of the molecule is Cc1ccc(Cn2cc(NC(=O)c3cccnn3)c3ccccc32)cc1.Cc1ccc(Cn2cc(NC(=O)c3ccoc3)c3ccccc32)cn1.Cc1ccc(Cn2cc(NC(=O)c3ccoc3C)c3ccccc32)cn1.Cc1ccc(Cn2cc(NC(=O)c3conc3C)c3ccccc32)cn1. The number of para-hydroxylation sites is 4. The molecule has 5 aromatic carbocycles. The van der Waals surface area contributed by atoms with Gasteiger partial charge in [0.1, 0.15) is 23.9 Å². The van der Waals surface area contributed by atoms with E-state index in [1.165, 1.54) is 36.2 Å². The standard InChI is InChI=1S/C21H18N4O.C21H19N3O2.C20H18N4O2.C20H17N3O2/c1-15-8-10-16(11-9-15)13-25-14-19(17-5-2-3-7-20(17)25)23-21(26)18-6-4-12-22-24-18;1-14-7-8-16(11-22-14)12-24-13-19(18-5-3-4-6-20(18)24)23-21(25)17-9-10-26-15(17)2;1-13-7-8-15(9-21-13)10-24-11-18(16-5-3-4-6-19(16)24)22-20(25)17-12-26-23-14(17)2;1-14-6-7-15(10-21-14)11-23-12-18(17-4-2-3-5-19(17)23)22-20(24)16-8-9-25-13-16/h2-12,14H,13H2,1H3,(H,23,26);3-11,13H,12H2,1-2H3,(H,23,25);3-9,11-12H,10H2,1-2H3,(H,22,25);2-10,12-13H,11H2,1H3,(H,22,24). The van der Waals surface area contributed by atoms with Crippen molar-refractivity contribution >= 4 is 90.0 Å². The van der Waals surface area contributed by atoms with Gasteiger partial charge in [0.15, 0.2) is 5.69 Å². The second-order valence-corrected chi connectivity index (χ2v) is 24.8. The van der Waals surface area contributed by atoms with Crippen molar-refractivity contribution in [2.45, 2.75) is 67.7 Å². The van der Waals surface area contributed by atoms with Gasteiger partial charge in [-0.15, -0.1) is 5.10 Å². The lowest BCUT2D eigenvalue weighted by Crippen LogP contribution is -2.13. The van der Waals surface area contributed by atoms with E-state index in [0.29, 0.717) is 53.5 Å². The highest BCUT2D eigenvalue weighted by Gasteiger charge is 2.20. The van der Waals surface area contributed by atoms with Gasteiger partial charge >= 0.3 is 0 Å². The zero-order chi connectivity index (χ0) is 71.3. The van der Waals surface area contributed by atoms with Crippen LogP contribution in [0.2, 0.25) is 0 Å². The lowest BCUT2D eigenvalue weighted by Gasteiger charge is -2.05. The van der Waals surface area contributed by atoms with Gasteiger partial charge in [0.05, 0.1) is 74.2 Å². The molecule has 0 saturated carbocycles. The summed E-state index contributed by atoms with van der Waals surface area (Å²) in [4.78, 5) is 62.9. The van der Waals surface area contributed by atoms with Crippen molar-refractivity contribution in [1.82, 2.24) is 48.6 Å². The minimum atomic E-state index is -0.267. The van der Waals surface area contributed by atoms with Crippen molar-refractivity contribution in [3.8, 4) is 0 Å². The molecule has 0 spiro atoms. The fourth-order valence-corrected chi connectivity index (χ4v) is 11.9. The van der Waals surface area contributed by atoms with Crippen LogP contribution >= 0.6 is 0 Å². The molecule has 0 unspecified atom stereocenters. The first-order valence-electron chi connectivity index (χ1n) is 33.3. The summed E-state index contributed by atoms with van der Waals surface area (Å²) < 4.78 is 23.6. The van der Waals surface area contributed by atoms with E-state index in [1.54, 1.807) is 44.3 Å². The maximum Gasteiger partial charge on any atom is 0.276 e. The van der Waals surface area contributed by atoms with Crippen molar-refractivity contribution in [3.63, 3.8) is 0 Å². The maximum atomic E-state index is 12.6. The predicted octanol–water partition coefficient (Wildman–Crippen LogP) is 16.8. The highest BCUT2D eigenvalue weighted by atomic mass is 16.5. The summed E-state index contributed by atoms with van der Waals surface area (Å²) >= 11 is 0. The number of nitrogens with zero attached hydrogens (tertiary/aromatic N) is 10. The van der Waals surface area contributed by atoms with E-state index in [0.717, 1.165) is 107 Å². The van der Waals surface area contributed by atoms with Crippen molar-refractivity contribution in [3.05, 3.63) is 335 Å². The third-order valence-electron chi connectivity index (χ3n) is 17.3. The van der Waals surface area contributed by atoms with Gasteiger partial charge in [-0.1, -0.05) is 126 Å². The van der Waals surface area contributed by atoms with Crippen LogP contribution in [0.15, 0.2) is 270 Å². The van der Waals surface area contributed by atoms with Crippen molar-refractivity contribution in [1.29, 1.82) is 0 Å². The van der Waals surface area contributed by atoms with E-state index in [2.05, 4.69) is 131 Å². The average Bonchev–Trinajstić information content (AvgIpc) is 1.67. The molecule has 11 heterocycles.